The summed E-state index contributed by atoms with van der Waals surface area (Å²) in [5.41, 5.74) is -2.63. The molecule has 0 saturated heterocycles. The van der Waals surface area contributed by atoms with E-state index in [-0.39, 0.29) is 19.3 Å². The smallest absolute Gasteiger partial charge is 0.304 e. The van der Waals surface area contributed by atoms with Crippen molar-refractivity contribution in [3.05, 3.63) is 23.0 Å². The van der Waals surface area contributed by atoms with Crippen LogP contribution in [0.4, 0.5) is 22.0 Å². The Balaban J connectivity index is 3.18. The van der Waals surface area contributed by atoms with Crippen LogP contribution in [0.3, 0.4) is 0 Å². The van der Waals surface area contributed by atoms with Crippen LogP contribution in [-0.2, 0) is 0 Å². The number of rotatable bonds is 2. The molecule has 1 aliphatic rings. The summed E-state index contributed by atoms with van der Waals surface area (Å²) >= 11 is 5.26. The second kappa shape index (κ2) is 5.35. The average molecular weight is 277 g/mol. The van der Waals surface area contributed by atoms with Crippen LogP contribution in [0.25, 0.3) is 0 Å². The topological polar surface area (TPSA) is 20.2 Å². The van der Waals surface area contributed by atoms with Crippen molar-refractivity contribution in [2.24, 2.45) is 5.92 Å². The van der Waals surface area contributed by atoms with E-state index in [1.165, 1.54) is 0 Å². The molecule has 7 heteroatoms. The van der Waals surface area contributed by atoms with Crippen LogP contribution in [0, 0.1) is 5.92 Å². The zero-order valence-electron chi connectivity index (χ0n) is 8.62. The first kappa shape index (κ1) is 14.4. The van der Waals surface area contributed by atoms with Gasteiger partial charge in [0.1, 0.15) is 5.60 Å². The van der Waals surface area contributed by atoms with E-state index in [1.54, 1.807) is 0 Å². The van der Waals surface area contributed by atoms with E-state index in [0.717, 1.165) is 0 Å². The van der Waals surface area contributed by atoms with E-state index in [0.29, 0.717) is 6.42 Å². The summed E-state index contributed by atoms with van der Waals surface area (Å²) in [4.78, 5) is 0. The first-order valence-electron chi connectivity index (χ1n) is 4.95. The molecule has 1 fully saturated rings. The minimum Gasteiger partial charge on any atom is -0.382 e. The number of hydrogen-bond acceptors (Lipinski definition) is 1. The highest BCUT2D eigenvalue weighted by Crippen LogP contribution is 2.46. The third kappa shape index (κ3) is 2.80. The van der Waals surface area contributed by atoms with Gasteiger partial charge in [-0.3, -0.25) is 0 Å². The van der Waals surface area contributed by atoms with Crippen LogP contribution in [0.5, 0.6) is 0 Å². The normalized spacial score (nSPS) is 28.8. The van der Waals surface area contributed by atoms with Crippen LogP contribution in [-0.4, -0.2) is 10.7 Å². The van der Waals surface area contributed by atoms with Crippen LogP contribution in [0.15, 0.2) is 23.0 Å². The summed E-state index contributed by atoms with van der Waals surface area (Å²) in [6, 6.07) is 0. The predicted octanol–water partition coefficient (Wildman–Crippen LogP) is 4.33. The van der Waals surface area contributed by atoms with Gasteiger partial charge >= 0.3 is 6.08 Å². The summed E-state index contributed by atoms with van der Waals surface area (Å²) in [5, 5.41) is 8.77. The Kier molecular flexibility index (Phi) is 4.55. The molecule has 0 aromatic heterocycles. The molecular weight excluding hydrogens is 267 g/mol. The van der Waals surface area contributed by atoms with Crippen molar-refractivity contribution < 1.29 is 27.1 Å². The molecule has 2 unspecified atom stereocenters. The second-order valence-corrected chi connectivity index (χ2v) is 4.31. The number of aliphatic hydroxyl groups is 1. The van der Waals surface area contributed by atoms with Gasteiger partial charge in [0.15, 0.2) is 5.83 Å². The van der Waals surface area contributed by atoms with E-state index >= 15 is 0 Å². The van der Waals surface area contributed by atoms with Crippen molar-refractivity contribution in [3.8, 4) is 0 Å². The van der Waals surface area contributed by atoms with Crippen molar-refractivity contribution in [1.82, 2.24) is 0 Å². The molecule has 0 spiro atoms. The molecule has 0 aliphatic heterocycles. The third-order valence-corrected chi connectivity index (χ3v) is 3.32. The molecule has 0 radical (unpaired) electrons. The Morgan fingerprint density at radius 1 is 1.06 bits per heavy atom. The highest BCUT2D eigenvalue weighted by atomic mass is 35.5. The molecule has 0 bridgehead atoms. The molecule has 1 N–H and O–H groups in total. The molecule has 1 nitrogen and oxygen atoms in total. The van der Waals surface area contributed by atoms with E-state index in [1.807, 2.05) is 0 Å². The molecule has 98 valence electrons. The molecule has 1 rings (SSSR count). The summed E-state index contributed by atoms with van der Waals surface area (Å²) < 4.78 is 62.3. The summed E-state index contributed by atoms with van der Waals surface area (Å²) in [5.74, 6) is -3.59. The van der Waals surface area contributed by atoms with Crippen LogP contribution >= 0.6 is 11.6 Å². The van der Waals surface area contributed by atoms with Gasteiger partial charge in [-0.2, -0.15) is 17.6 Å². The second-order valence-electron chi connectivity index (χ2n) is 3.91. The molecule has 2 atom stereocenters. The maximum atomic E-state index is 13.2. The lowest BCUT2D eigenvalue weighted by molar-refractivity contribution is -0.0228. The van der Waals surface area contributed by atoms with Crippen molar-refractivity contribution >= 4 is 11.6 Å². The quantitative estimate of drug-likeness (QED) is 0.744. The van der Waals surface area contributed by atoms with Gasteiger partial charge in [-0.25, -0.2) is 4.39 Å². The Labute approximate surface area is 99.6 Å². The fourth-order valence-corrected chi connectivity index (χ4v) is 2.34. The third-order valence-electron chi connectivity index (χ3n) is 2.91. The van der Waals surface area contributed by atoms with E-state index in [4.69, 9.17) is 11.6 Å². The van der Waals surface area contributed by atoms with E-state index < -0.39 is 34.5 Å². The molecule has 0 aromatic rings. The largest absolute Gasteiger partial charge is 0.382 e. The Bertz CT molecular complexity index is 360. The number of hydrogen-bond donors (Lipinski definition) is 1. The molecule has 0 heterocycles. The van der Waals surface area contributed by atoms with Gasteiger partial charge in [0.25, 0.3) is 6.08 Å². The van der Waals surface area contributed by atoms with Crippen molar-refractivity contribution in [2.45, 2.75) is 31.3 Å². The van der Waals surface area contributed by atoms with Crippen molar-refractivity contribution in [1.29, 1.82) is 0 Å². The van der Waals surface area contributed by atoms with Crippen LogP contribution in [0.2, 0.25) is 0 Å². The summed E-state index contributed by atoms with van der Waals surface area (Å²) in [6.45, 7) is 0. The predicted molar refractivity (Wildman–Crippen MR) is 52.4 cm³/mol. The average Bonchev–Trinajstić information content (AvgIpc) is 2.27. The first-order valence-corrected chi connectivity index (χ1v) is 5.32. The minimum atomic E-state index is -2.71. The molecule has 1 saturated carbocycles. The lowest BCUT2D eigenvalue weighted by Crippen LogP contribution is -2.42. The molecule has 0 amide bonds. The van der Waals surface area contributed by atoms with Gasteiger partial charge in [-0.05, 0) is 12.8 Å². The zero-order valence-corrected chi connectivity index (χ0v) is 9.38. The highest BCUT2D eigenvalue weighted by molar-refractivity contribution is 6.30. The van der Waals surface area contributed by atoms with Gasteiger partial charge in [0.2, 0.25) is 0 Å². The molecule has 17 heavy (non-hydrogen) atoms. The monoisotopic (exact) mass is 276 g/mol. The first-order chi connectivity index (χ1) is 7.80. The lowest BCUT2D eigenvalue weighted by atomic mass is 9.74. The van der Waals surface area contributed by atoms with Crippen LogP contribution in [0.1, 0.15) is 25.7 Å². The van der Waals surface area contributed by atoms with Gasteiger partial charge < -0.3 is 5.11 Å². The Morgan fingerprint density at radius 2 is 1.65 bits per heavy atom. The Hall–Kier alpha value is -0.620. The van der Waals surface area contributed by atoms with E-state index in [2.05, 4.69) is 0 Å². The van der Waals surface area contributed by atoms with E-state index in [9.17, 15) is 27.1 Å². The van der Waals surface area contributed by atoms with Crippen LogP contribution < -0.4 is 0 Å². The van der Waals surface area contributed by atoms with Crippen molar-refractivity contribution in [2.75, 3.05) is 0 Å². The highest BCUT2D eigenvalue weighted by Gasteiger charge is 2.47. The number of halogens is 6. The Morgan fingerprint density at radius 3 is 2.12 bits per heavy atom. The molecule has 1 aliphatic carbocycles. The minimum absolute atomic E-state index is 0.0621. The van der Waals surface area contributed by atoms with Gasteiger partial charge in [0.05, 0.1) is 5.03 Å². The fourth-order valence-electron chi connectivity index (χ4n) is 2.05. The SMILES string of the molecule is OC1(C(F)=C(F)F)CCCCC1C(Cl)=C(F)F. The zero-order chi connectivity index (χ0) is 13.2. The maximum absolute atomic E-state index is 13.2. The van der Waals surface area contributed by atoms with Crippen molar-refractivity contribution in [3.63, 3.8) is 0 Å². The summed E-state index contributed by atoms with van der Waals surface area (Å²) in [7, 11) is 0. The fraction of sp³-hybridized carbons (Fsp3) is 0.600. The molecule has 0 aromatic carbocycles. The maximum Gasteiger partial charge on any atom is 0.304 e. The molecular formula is C10H10ClF5O. The van der Waals surface area contributed by atoms with Gasteiger partial charge in [-0.1, -0.05) is 24.4 Å². The lowest BCUT2D eigenvalue weighted by Gasteiger charge is -2.37. The standard InChI is InChI=1S/C10H10ClF5O/c11-6(8(13)14)5-3-1-2-4-10(5,17)7(12)9(15)16/h5,17H,1-4H2. The van der Waals surface area contributed by atoms with Gasteiger partial charge in [-0.15, -0.1) is 0 Å². The van der Waals surface area contributed by atoms with Gasteiger partial charge in [0, 0.05) is 5.92 Å². The summed E-state index contributed by atoms with van der Waals surface area (Å²) in [6.07, 6.45) is -4.73.